The van der Waals surface area contributed by atoms with Gasteiger partial charge in [-0.15, -0.1) is 0 Å². The Balaban J connectivity index is 1.83. The maximum atomic E-state index is 9.97. The summed E-state index contributed by atoms with van der Waals surface area (Å²) in [5.41, 5.74) is 1.29. The van der Waals surface area contributed by atoms with Gasteiger partial charge in [0, 0.05) is 20.9 Å². The SMILES string of the molecule is Oc1ccc(C(=S)Nc2ccccc2Sc2ccc(Cl)cc2)c(O)c1. The van der Waals surface area contributed by atoms with E-state index in [0.29, 0.717) is 15.6 Å². The standard InChI is InChI=1S/C19H14ClNO2S2/c20-12-5-8-14(9-6-12)25-18-4-2-1-3-16(18)21-19(24)15-10-7-13(22)11-17(15)23/h1-11,22-23H,(H,21,24). The summed E-state index contributed by atoms with van der Waals surface area (Å²) in [6, 6.07) is 19.7. The molecule has 0 aliphatic carbocycles. The zero-order chi connectivity index (χ0) is 17.8. The second kappa shape index (κ2) is 7.78. The Morgan fingerprint density at radius 1 is 0.960 bits per heavy atom. The Morgan fingerprint density at radius 3 is 2.40 bits per heavy atom. The average molecular weight is 388 g/mol. The van der Waals surface area contributed by atoms with Crippen LogP contribution in [0.2, 0.25) is 5.02 Å². The van der Waals surface area contributed by atoms with Gasteiger partial charge < -0.3 is 15.5 Å². The van der Waals surface area contributed by atoms with E-state index in [2.05, 4.69) is 5.32 Å². The number of halogens is 1. The van der Waals surface area contributed by atoms with Gasteiger partial charge >= 0.3 is 0 Å². The molecule has 0 spiro atoms. The first-order valence-corrected chi connectivity index (χ1v) is 8.99. The van der Waals surface area contributed by atoms with Crippen LogP contribution in [0.5, 0.6) is 11.5 Å². The summed E-state index contributed by atoms with van der Waals surface area (Å²) in [5, 5.41) is 23.2. The Kier molecular flexibility index (Phi) is 5.48. The van der Waals surface area contributed by atoms with Crippen molar-refractivity contribution >= 4 is 46.3 Å². The molecule has 25 heavy (non-hydrogen) atoms. The summed E-state index contributed by atoms with van der Waals surface area (Å²) in [4.78, 5) is 2.42. The average Bonchev–Trinajstić information content (AvgIpc) is 2.58. The first-order valence-electron chi connectivity index (χ1n) is 7.39. The smallest absolute Gasteiger partial charge is 0.129 e. The molecule has 0 bridgehead atoms. The van der Waals surface area contributed by atoms with Gasteiger partial charge in [0.25, 0.3) is 0 Å². The van der Waals surface area contributed by atoms with E-state index >= 15 is 0 Å². The first-order chi connectivity index (χ1) is 12.0. The highest BCUT2D eigenvalue weighted by atomic mass is 35.5. The van der Waals surface area contributed by atoms with Crippen molar-refractivity contribution in [1.82, 2.24) is 0 Å². The Bertz CT molecular complexity index is 914. The van der Waals surface area contributed by atoms with Crippen LogP contribution in [0.25, 0.3) is 0 Å². The fourth-order valence-corrected chi connectivity index (χ4v) is 3.50. The van der Waals surface area contributed by atoms with E-state index in [0.717, 1.165) is 15.5 Å². The van der Waals surface area contributed by atoms with Crippen molar-refractivity contribution in [3.8, 4) is 11.5 Å². The largest absolute Gasteiger partial charge is 0.508 e. The summed E-state index contributed by atoms with van der Waals surface area (Å²) >= 11 is 12.9. The van der Waals surface area contributed by atoms with Crippen LogP contribution in [-0.4, -0.2) is 15.2 Å². The zero-order valence-corrected chi connectivity index (χ0v) is 15.3. The second-order valence-corrected chi connectivity index (χ2v) is 7.17. The lowest BCUT2D eigenvalue weighted by atomic mass is 10.2. The van der Waals surface area contributed by atoms with Crippen molar-refractivity contribution in [2.24, 2.45) is 0 Å². The molecular formula is C19H14ClNO2S2. The predicted octanol–water partition coefficient (Wildman–Crippen LogP) is 5.69. The van der Waals surface area contributed by atoms with Crippen molar-refractivity contribution in [1.29, 1.82) is 0 Å². The predicted molar refractivity (Wildman–Crippen MR) is 107 cm³/mol. The third-order valence-electron chi connectivity index (χ3n) is 3.40. The highest BCUT2D eigenvalue weighted by Crippen LogP contribution is 2.34. The van der Waals surface area contributed by atoms with E-state index < -0.39 is 0 Å². The molecule has 3 rings (SSSR count). The van der Waals surface area contributed by atoms with Crippen molar-refractivity contribution in [3.05, 3.63) is 77.3 Å². The van der Waals surface area contributed by atoms with Crippen molar-refractivity contribution in [2.45, 2.75) is 9.79 Å². The molecule has 0 atom stereocenters. The van der Waals surface area contributed by atoms with Gasteiger partial charge in [0.1, 0.15) is 16.5 Å². The third kappa shape index (κ3) is 4.45. The minimum Gasteiger partial charge on any atom is -0.508 e. The molecule has 0 radical (unpaired) electrons. The van der Waals surface area contributed by atoms with Crippen molar-refractivity contribution < 1.29 is 10.2 Å². The van der Waals surface area contributed by atoms with Crippen LogP contribution in [0.1, 0.15) is 5.56 Å². The molecule has 6 heteroatoms. The van der Waals surface area contributed by atoms with Crippen LogP contribution in [0.4, 0.5) is 5.69 Å². The molecule has 0 unspecified atom stereocenters. The van der Waals surface area contributed by atoms with Gasteiger partial charge in [0.2, 0.25) is 0 Å². The molecule has 0 fully saturated rings. The van der Waals surface area contributed by atoms with E-state index in [-0.39, 0.29) is 11.5 Å². The number of nitrogens with one attached hydrogen (secondary N) is 1. The van der Waals surface area contributed by atoms with Gasteiger partial charge in [0.15, 0.2) is 0 Å². The number of benzene rings is 3. The van der Waals surface area contributed by atoms with E-state index in [1.807, 2.05) is 48.5 Å². The van der Waals surface area contributed by atoms with Crippen LogP contribution in [0, 0.1) is 0 Å². The van der Waals surface area contributed by atoms with Gasteiger partial charge in [-0.05, 0) is 48.5 Å². The highest BCUT2D eigenvalue weighted by molar-refractivity contribution is 7.99. The lowest BCUT2D eigenvalue weighted by molar-refractivity contribution is 0.450. The van der Waals surface area contributed by atoms with Crippen molar-refractivity contribution in [3.63, 3.8) is 0 Å². The van der Waals surface area contributed by atoms with Crippen molar-refractivity contribution in [2.75, 3.05) is 5.32 Å². The van der Waals surface area contributed by atoms with Gasteiger partial charge in [-0.2, -0.15) is 0 Å². The number of aromatic hydroxyl groups is 2. The van der Waals surface area contributed by atoms with Crippen LogP contribution >= 0.6 is 35.6 Å². The van der Waals surface area contributed by atoms with Crippen LogP contribution in [-0.2, 0) is 0 Å². The van der Waals surface area contributed by atoms with Crippen LogP contribution in [0.15, 0.2) is 76.5 Å². The first kappa shape index (κ1) is 17.6. The highest BCUT2D eigenvalue weighted by Gasteiger charge is 2.11. The van der Waals surface area contributed by atoms with E-state index in [4.69, 9.17) is 23.8 Å². The number of para-hydroxylation sites is 1. The summed E-state index contributed by atoms with van der Waals surface area (Å²) in [6.07, 6.45) is 0. The fraction of sp³-hybridized carbons (Fsp3) is 0. The summed E-state index contributed by atoms with van der Waals surface area (Å²) in [5.74, 6) is -0.0805. The zero-order valence-electron chi connectivity index (χ0n) is 12.9. The number of thiocarbonyl (C=S) groups is 1. The van der Waals surface area contributed by atoms with Gasteiger partial charge in [0.05, 0.1) is 11.3 Å². The quantitative estimate of drug-likeness (QED) is 0.502. The number of hydrogen-bond donors (Lipinski definition) is 3. The molecule has 0 amide bonds. The minimum absolute atomic E-state index is 0.0113. The summed E-state index contributed by atoms with van der Waals surface area (Å²) in [6.45, 7) is 0. The molecule has 0 saturated carbocycles. The Hall–Kier alpha value is -2.21. The number of hydrogen-bond acceptors (Lipinski definition) is 4. The molecule has 3 aromatic carbocycles. The number of phenols is 2. The summed E-state index contributed by atoms with van der Waals surface area (Å²) in [7, 11) is 0. The fourth-order valence-electron chi connectivity index (χ4n) is 2.19. The summed E-state index contributed by atoms with van der Waals surface area (Å²) < 4.78 is 0. The second-order valence-electron chi connectivity index (χ2n) is 5.21. The molecule has 0 saturated heterocycles. The molecule has 126 valence electrons. The third-order valence-corrected chi connectivity index (χ3v) is 5.06. The van der Waals surface area contributed by atoms with E-state index in [9.17, 15) is 10.2 Å². The molecule has 3 nitrogen and oxygen atoms in total. The maximum absolute atomic E-state index is 9.97. The normalized spacial score (nSPS) is 10.4. The van der Waals surface area contributed by atoms with Gasteiger partial charge in [-0.1, -0.05) is 47.7 Å². The topological polar surface area (TPSA) is 52.5 Å². The van der Waals surface area contributed by atoms with Crippen LogP contribution < -0.4 is 5.32 Å². The van der Waals surface area contributed by atoms with Gasteiger partial charge in [-0.3, -0.25) is 0 Å². The molecular weight excluding hydrogens is 374 g/mol. The number of rotatable bonds is 4. The Labute approximate surface area is 160 Å². The molecule has 3 aromatic rings. The van der Waals surface area contributed by atoms with Gasteiger partial charge in [-0.25, -0.2) is 0 Å². The minimum atomic E-state index is -0.0691. The maximum Gasteiger partial charge on any atom is 0.129 e. The van der Waals surface area contributed by atoms with E-state index in [1.54, 1.807) is 17.8 Å². The molecule has 0 aliphatic rings. The molecule has 0 aliphatic heterocycles. The monoisotopic (exact) mass is 387 g/mol. The van der Waals surface area contributed by atoms with Crippen LogP contribution in [0.3, 0.4) is 0 Å². The number of phenolic OH excluding ortho intramolecular Hbond substituents is 2. The van der Waals surface area contributed by atoms with E-state index in [1.165, 1.54) is 12.1 Å². The number of anilines is 1. The molecule has 3 N–H and O–H groups in total. The molecule has 0 heterocycles. The lowest BCUT2D eigenvalue weighted by Gasteiger charge is -2.13. The molecule has 0 aromatic heterocycles. The Morgan fingerprint density at radius 2 is 1.68 bits per heavy atom. The lowest BCUT2D eigenvalue weighted by Crippen LogP contribution is -2.11.